The van der Waals surface area contributed by atoms with Crippen molar-refractivity contribution in [2.24, 2.45) is 0 Å². The number of esters is 1. The molecule has 0 spiro atoms. The minimum atomic E-state index is -0.685. The number of hydrogen-bond donors (Lipinski definition) is 2. The van der Waals surface area contributed by atoms with Gasteiger partial charge < -0.3 is 19.9 Å². The van der Waals surface area contributed by atoms with Gasteiger partial charge in [-0.05, 0) is 45.0 Å². The van der Waals surface area contributed by atoms with Gasteiger partial charge in [0, 0.05) is 0 Å². The minimum Gasteiger partial charge on any atom is -0.508 e. The van der Waals surface area contributed by atoms with Gasteiger partial charge in [0.2, 0.25) is 0 Å². The third-order valence-electron chi connectivity index (χ3n) is 1.84. The van der Waals surface area contributed by atoms with Gasteiger partial charge in [-0.2, -0.15) is 0 Å². The van der Waals surface area contributed by atoms with E-state index in [-0.39, 0.29) is 18.0 Å². The average molecular weight is 267 g/mol. The van der Waals surface area contributed by atoms with E-state index in [9.17, 15) is 9.59 Å². The Morgan fingerprint density at radius 1 is 1.21 bits per heavy atom. The van der Waals surface area contributed by atoms with Crippen molar-refractivity contribution < 1.29 is 24.2 Å². The van der Waals surface area contributed by atoms with Crippen LogP contribution in [-0.2, 0) is 9.53 Å². The number of benzene rings is 1. The fourth-order valence-corrected chi connectivity index (χ4v) is 1.14. The van der Waals surface area contributed by atoms with Crippen molar-refractivity contribution in [1.29, 1.82) is 0 Å². The number of phenolic OH excluding ortho intramolecular Hbond substituents is 1. The molecule has 19 heavy (non-hydrogen) atoms. The van der Waals surface area contributed by atoms with Crippen LogP contribution in [0, 0.1) is 0 Å². The number of hydrogen-bond acceptors (Lipinski definition) is 5. The second kappa shape index (κ2) is 6.08. The van der Waals surface area contributed by atoms with Gasteiger partial charge >= 0.3 is 12.1 Å². The Kier molecular flexibility index (Phi) is 4.74. The predicted octanol–water partition coefficient (Wildman–Crippen LogP) is 1.82. The Bertz CT molecular complexity index is 447. The van der Waals surface area contributed by atoms with Gasteiger partial charge in [0.05, 0.1) is 0 Å². The van der Waals surface area contributed by atoms with Crippen molar-refractivity contribution in [3.63, 3.8) is 0 Å². The quantitative estimate of drug-likeness (QED) is 0.644. The van der Waals surface area contributed by atoms with Gasteiger partial charge in [-0.15, -0.1) is 0 Å². The number of alkyl carbamates (subject to hydrolysis) is 1. The van der Waals surface area contributed by atoms with E-state index in [0.717, 1.165) is 0 Å². The molecule has 1 amide bonds. The molecule has 0 unspecified atom stereocenters. The molecule has 2 N–H and O–H groups in total. The lowest BCUT2D eigenvalue weighted by atomic mass is 10.2. The van der Waals surface area contributed by atoms with Crippen LogP contribution < -0.4 is 10.1 Å². The van der Waals surface area contributed by atoms with E-state index in [4.69, 9.17) is 14.6 Å². The van der Waals surface area contributed by atoms with Crippen LogP contribution in [0.5, 0.6) is 11.5 Å². The third kappa shape index (κ3) is 6.30. The highest BCUT2D eigenvalue weighted by atomic mass is 16.6. The second-order valence-corrected chi connectivity index (χ2v) is 4.82. The number of amides is 1. The van der Waals surface area contributed by atoms with E-state index in [0.29, 0.717) is 0 Å². The van der Waals surface area contributed by atoms with E-state index in [1.807, 2.05) is 0 Å². The molecular formula is C13H17NO5. The van der Waals surface area contributed by atoms with Crippen LogP contribution in [-0.4, -0.2) is 29.3 Å². The molecule has 0 radical (unpaired) electrons. The molecule has 0 aromatic heterocycles. The van der Waals surface area contributed by atoms with Crippen molar-refractivity contribution in [1.82, 2.24) is 5.32 Å². The van der Waals surface area contributed by atoms with Crippen LogP contribution >= 0.6 is 0 Å². The maximum absolute atomic E-state index is 11.4. The lowest BCUT2D eigenvalue weighted by Crippen LogP contribution is -2.36. The van der Waals surface area contributed by atoms with Gasteiger partial charge in [-0.1, -0.05) is 0 Å². The SMILES string of the molecule is CC(C)(C)OC(=O)NCC(=O)Oc1ccc(O)cc1. The monoisotopic (exact) mass is 267 g/mol. The average Bonchev–Trinajstić information content (AvgIpc) is 2.27. The first kappa shape index (κ1) is 14.8. The molecular weight excluding hydrogens is 250 g/mol. The molecule has 0 aliphatic carbocycles. The molecule has 0 fully saturated rings. The van der Waals surface area contributed by atoms with Crippen molar-refractivity contribution in [2.75, 3.05) is 6.54 Å². The summed E-state index contributed by atoms with van der Waals surface area (Å²) in [6.45, 7) is 4.87. The highest BCUT2D eigenvalue weighted by molar-refractivity contribution is 5.79. The van der Waals surface area contributed by atoms with Crippen molar-refractivity contribution >= 4 is 12.1 Å². The molecule has 0 saturated heterocycles. The fraction of sp³-hybridized carbons (Fsp3) is 0.385. The van der Waals surface area contributed by atoms with E-state index >= 15 is 0 Å². The smallest absolute Gasteiger partial charge is 0.408 e. The van der Waals surface area contributed by atoms with Crippen LogP contribution in [0.2, 0.25) is 0 Å². The van der Waals surface area contributed by atoms with E-state index in [1.165, 1.54) is 24.3 Å². The molecule has 6 heteroatoms. The Hall–Kier alpha value is -2.24. The lowest BCUT2D eigenvalue weighted by molar-refractivity contribution is -0.133. The minimum absolute atomic E-state index is 0.0756. The van der Waals surface area contributed by atoms with Gasteiger partial charge in [-0.3, -0.25) is 0 Å². The van der Waals surface area contributed by atoms with Crippen LogP contribution in [0.4, 0.5) is 4.79 Å². The van der Waals surface area contributed by atoms with Crippen LogP contribution in [0.3, 0.4) is 0 Å². The number of aromatic hydroxyl groups is 1. The van der Waals surface area contributed by atoms with Crippen molar-refractivity contribution in [3.05, 3.63) is 24.3 Å². The van der Waals surface area contributed by atoms with Crippen LogP contribution in [0.25, 0.3) is 0 Å². The van der Waals surface area contributed by atoms with Gasteiger partial charge in [-0.25, -0.2) is 9.59 Å². The summed E-state index contributed by atoms with van der Waals surface area (Å²) in [6, 6.07) is 5.68. The van der Waals surface area contributed by atoms with Gasteiger partial charge in [0.15, 0.2) is 0 Å². The molecule has 1 aromatic rings. The van der Waals surface area contributed by atoms with Crippen LogP contribution in [0.15, 0.2) is 24.3 Å². The van der Waals surface area contributed by atoms with Gasteiger partial charge in [0.25, 0.3) is 0 Å². The largest absolute Gasteiger partial charge is 0.508 e. The summed E-state index contributed by atoms with van der Waals surface area (Å²) in [5.74, 6) is -0.267. The standard InChI is InChI=1S/C13H17NO5/c1-13(2,3)19-12(17)14-8-11(16)18-10-6-4-9(15)5-7-10/h4-7,15H,8H2,1-3H3,(H,14,17). The number of rotatable bonds is 3. The number of phenols is 1. The normalized spacial score (nSPS) is 10.7. The molecule has 0 aliphatic rings. The maximum Gasteiger partial charge on any atom is 0.408 e. The number of carbonyl (C=O) groups excluding carboxylic acids is 2. The molecule has 0 saturated carbocycles. The summed E-state index contributed by atoms with van der Waals surface area (Å²) in [5, 5.41) is 11.3. The Balaban J connectivity index is 2.36. The van der Waals surface area contributed by atoms with Crippen molar-refractivity contribution in [3.8, 4) is 11.5 Å². The highest BCUT2D eigenvalue weighted by Crippen LogP contribution is 2.15. The maximum atomic E-state index is 11.4. The molecule has 0 heterocycles. The Morgan fingerprint density at radius 2 is 1.79 bits per heavy atom. The molecule has 1 rings (SSSR count). The summed E-state index contributed by atoms with van der Waals surface area (Å²) in [5.41, 5.74) is -0.620. The summed E-state index contributed by atoms with van der Waals surface area (Å²) >= 11 is 0. The molecule has 1 aromatic carbocycles. The topological polar surface area (TPSA) is 84.9 Å². The Morgan fingerprint density at radius 3 is 2.32 bits per heavy atom. The van der Waals surface area contributed by atoms with E-state index < -0.39 is 17.7 Å². The molecule has 6 nitrogen and oxygen atoms in total. The number of carbonyl (C=O) groups is 2. The second-order valence-electron chi connectivity index (χ2n) is 4.82. The van der Waals surface area contributed by atoms with Gasteiger partial charge in [0.1, 0.15) is 23.6 Å². The van der Waals surface area contributed by atoms with E-state index in [1.54, 1.807) is 20.8 Å². The fourth-order valence-electron chi connectivity index (χ4n) is 1.14. The number of nitrogens with one attached hydrogen (secondary N) is 1. The first-order chi connectivity index (χ1) is 8.76. The summed E-state index contributed by atoms with van der Waals surface area (Å²) in [6.07, 6.45) is -0.685. The zero-order valence-electron chi connectivity index (χ0n) is 11.1. The first-order valence-corrected chi connectivity index (χ1v) is 5.73. The van der Waals surface area contributed by atoms with Crippen molar-refractivity contribution in [2.45, 2.75) is 26.4 Å². The highest BCUT2D eigenvalue weighted by Gasteiger charge is 2.17. The summed E-state index contributed by atoms with van der Waals surface area (Å²) in [7, 11) is 0. The summed E-state index contributed by atoms with van der Waals surface area (Å²) < 4.78 is 9.89. The Labute approximate surface area is 111 Å². The zero-order valence-corrected chi connectivity index (χ0v) is 11.1. The number of ether oxygens (including phenoxy) is 2. The van der Waals surface area contributed by atoms with E-state index in [2.05, 4.69) is 5.32 Å². The molecule has 0 atom stereocenters. The molecule has 0 aliphatic heterocycles. The zero-order chi connectivity index (χ0) is 14.5. The molecule has 0 bridgehead atoms. The van der Waals surface area contributed by atoms with Crippen LogP contribution in [0.1, 0.15) is 20.8 Å². The first-order valence-electron chi connectivity index (χ1n) is 5.73. The summed E-state index contributed by atoms with van der Waals surface area (Å²) in [4.78, 5) is 22.7. The predicted molar refractivity (Wildman–Crippen MR) is 68.0 cm³/mol. The lowest BCUT2D eigenvalue weighted by Gasteiger charge is -2.19. The third-order valence-corrected chi connectivity index (χ3v) is 1.84. The molecule has 104 valence electrons.